The van der Waals surface area contributed by atoms with E-state index in [-0.39, 0.29) is 19.9 Å². The number of aliphatic imine (C=N–C) groups is 2. The van der Waals surface area contributed by atoms with Gasteiger partial charge in [0.15, 0.2) is 11.8 Å². The van der Waals surface area contributed by atoms with Crippen molar-refractivity contribution in [3.8, 4) is 0 Å². The highest BCUT2D eigenvalue weighted by Gasteiger charge is 2.10. The molecule has 0 spiro atoms. The van der Waals surface area contributed by atoms with Crippen LogP contribution in [0.15, 0.2) is 9.98 Å². The first-order valence-corrected chi connectivity index (χ1v) is 7.37. The number of carbonyl (C=O) groups excluding carboxylic acids is 2. The van der Waals surface area contributed by atoms with E-state index < -0.39 is 12.2 Å². The molecule has 0 atom stereocenters. The van der Waals surface area contributed by atoms with Gasteiger partial charge in [-0.05, 0) is 0 Å². The fraction of sp³-hybridized carbons (Fsp3) is 0.692. The van der Waals surface area contributed by atoms with Gasteiger partial charge >= 0.3 is 12.2 Å². The fourth-order valence-corrected chi connectivity index (χ4v) is 1.81. The van der Waals surface area contributed by atoms with Crippen LogP contribution >= 0.6 is 0 Å². The molecule has 0 fully saturated rings. The first kappa shape index (κ1) is 16.8. The summed E-state index contributed by atoms with van der Waals surface area (Å²) in [6.45, 7) is 2.68. The zero-order valence-corrected chi connectivity index (χ0v) is 12.7. The lowest BCUT2D eigenvalue weighted by Gasteiger charge is -2.09. The predicted octanol–water partition coefficient (Wildman–Crippen LogP) is 0.0339. The van der Waals surface area contributed by atoms with E-state index in [0.29, 0.717) is 50.9 Å². The zero-order valence-electron chi connectivity index (χ0n) is 12.7. The van der Waals surface area contributed by atoms with Crippen molar-refractivity contribution in [1.29, 1.82) is 0 Å². The summed E-state index contributed by atoms with van der Waals surface area (Å²) in [4.78, 5) is 30.8. The van der Waals surface area contributed by atoms with E-state index in [9.17, 15) is 9.59 Å². The minimum Gasteiger partial charge on any atom is -0.479 e. The van der Waals surface area contributed by atoms with Crippen LogP contribution in [0.25, 0.3) is 0 Å². The second-order valence-electron chi connectivity index (χ2n) is 4.55. The highest BCUT2D eigenvalue weighted by Crippen LogP contribution is 1.99. The van der Waals surface area contributed by atoms with Crippen LogP contribution in [-0.4, -0.2) is 70.2 Å². The monoisotopic (exact) mass is 328 g/mol. The Bertz CT molecular complexity index is 437. The van der Waals surface area contributed by atoms with Gasteiger partial charge in [0.1, 0.15) is 26.4 Å². The van der Waals surface area contributed by atoms with Crippen molar-refractivity contribution < 1.29 is 28.5 Å². The molecule has 10 nitrogen and oxygen atoms in total. The summed E-state index contributed by atoms with van der Waals surface area (Å²) in [5, 5.41) is 4.74. The van der Waals surface area contributed by atoms with Gasteiger partial charge in [-0.3, -0.25) is 9.98 Å². The molecule has 0 saturated carbocycles. The topological polar surface area (TPSA) is 120 Å². The standard InChI is InChI=1S/C13H20N4O6/c18-12(22-5-1-10-14-3-7-20-10)16-9-17-13(19)23-6-2-11-15-4-8-21-11/h1-9H2,(H,16,18)(H,17,19). The van der Waals surface area contributed by atoms with Gasteiger partial charge in [0.05, 0.1) is 32.6 Å². The van der Waals surface area contributed by atoms with Gasteiger partial charge in [0, 0.05) is 0 Å². The molecule has 2 N–H and O–H groups in total. The number of carbonyl (C=O) groups is 2. The van der Waals surface area contributed by atoms with Crippen LogP contribution in [0.3, 0.4) is 0 Å². The summed E-state index contributed by atoms with van der Waals surface area (Å²) in [5.41, 5.74) is 0. The molecule has 2 aliphatic rings. The molecule has 0 aromatic heterocycles. The molecule has 10 heteroatoms. The van der Waals surface area contributed by atoms with Gasteiger partial charge in [0.25, 0.3) is 0 Å². The molecule has 23 heavy (non-hydrogen) atoms. The predicted molar refractivity (Wildman–Crippen MR) is 79.6 cm³/mol. The SMILES string of the molecule is O=C(NCNC(=O)OCCC1=NCCO1)OCCC1=NCCO1. The summed E-state index contributed by atoms with van der Waals surface area (Å²) >= 11 is 0. The minimum atomic E-state index is -0.641. The van der Waals surface area contributed by atoms with Crippen molar-refractivity contribution in [1.82, 2.24) is 10.6 Å². The molecule has 2 heterocycles. The molecule has 0 saturated heterocycles. The van der Waals surface area contributed by atoms with Crippen molar-refractivity contribution in [3.05, 3.63) is 0 Å². The summed E-state index contributed by atoms with van der Waals surface area (Å²) in [5.74, 6) is 1.19. The van der Waals surface area contributed by atoms with Crippen LogP contribution < -0.4 is 10.6 Å². The first-order chi connectivity index (χ1) is 11.2. The van der Waals surface area contributed by atoms with E-state index in [2.05, 4.69) is 20.6 Å². The van der Waals surface area contributed by atoms with Crippen molar-refractivity contribution in [2.75, 3.05) is 46.2 Å². The Labute approximate surface area is 133 Å². The average molecular weight is 328 g/mol. The second kappa shape index (κ2) is 9.49. The Morgan fingerprint density at radius 2 is 1.39 bits per heavy atom. The normalized spacial score (nSPS) is 15.8. The average Bonchev–Trinajstić information content (AvgIpc) is 3.20. The Kier molecular flexibility index (Phi) is 6.95. The van der Waals surface area contributed by atoms with Gasteiger partial charge in [-0.25, -0.2) is 9.59 Å². The molecule has 0 unspecified atom stereocenters. The van der Waals surface area contributed by atoms with Gasteiger partial charge in [-0.1, -0.05) is 0 Å². The Balaban J connectivity index is 1.43. The molecule has 0 bridgehead atoms. The molecule has 128 valence electrons. The van der Waals surface area contributed by atoms with E-state index in [4.69, 9.17) is 18.9 Å². The quantitative estimate of drug-likeness (QED) is 0.607. The van der Waals surface area contributed by atoms with Crippen molar-refractivity contribution in [2.45, 2.75) is 12.8 Å². The minimum absolute atomic E-state index is 0.0907. The van der Waals surface area contributed by atoms with Gasteiger partial charge in [-0.2, -0.15) is 0 Å². The van der Waals surface area contributed by atoms with E-state index in [1.165, 1.54) is 0 Å². The third-order valence-corrected chi connectivity index (χ3v) is 2.86. The molecule has 0 aromatic rings. The van der Waals surface area contributed by atoms with E-state index in [0.717, 1.165) is 0 Å². The van der Waals surface area contributed by atoms with E-state index >= 15 is 0 Å². The van der Waals surface area contributed by atoms with Gasteiger partial charge < -0.3 is 29.6 Å². The first-order valence-electron chi connectivity index (χ1n) is 7.37. The smallest absolute Gasteiger partial charge is 0.408 e. The maximum atomic E-state index is 11.3. The highest BCUT2D eigenvalue weighted by molar-refractivity contribution is 5.78. The molecule has 2 aliphatic heterocycles. The lowest BCUT2D eigenvalue weighted by molar-refractivity contribution is 0.139. The summed E-state index contributed by atoms with van der Waals surface area (Å²) < 4.78 is 20.1. The van der Waals surface area contributed by atoms with Crippen LogP contribution in [0.1, 0.15) is 12.8 Å². The van der Waals surface area contributed by atoms with Crippen LogP contribution in [0.5, 0.6) is 0 Å². The third kappa shape index (κ3) is 6.85. The highest BCUT2D eigenvalue weighted by atomic mass is 16.6. The maximum absolute atomic E-state index is 11.3. The largest absolute Gasteiger partial charge is 0.479 e. The lowest BCUT2D eigenvalue weighted by atomic mass is 10.4. The van der Waals surface area contributed by atoms with Crippen LogP contribution in [0.4, 0.5) is 9.59 Å². The molecule has 0 aliphatic carbocycles. The third-order valence-electron chi connectivity index (χ3n) is 2.86. The van der Waals surface area contributed by atoms with Crippen LogP contribution in [0.2, 0.25) is 0 Å². The Morgan fingerprint density at radius 1 is 0.913 bits per heavy atom. The second-order valence-corrected chi connectivity index (χ2v) is 4.55. The van der Waals surface area contributed by atoms with E-state index in [1.54, 1.807) is 0 Å². The molecule has 2 amide bonds. The zero-order chi connectivity index (χ0) is 16.3. The van der Waals surface area contributed by atoms with Crippen molar-refractivity contribution >= 4 is 24.0 Å². The number of amides is 2. The van der Waals surface area contributed by atoms with Gasteiger partial charge in [0.2, 0.25) is 0 Å². The van der Waals surface area contributed by atoms with E-state index in [1.807, 2.05) is 0 Å². The molecule has 0 aromatic carbocycles. The molecular formula is C13H20N4O6. The van der Waals surface area contributed by atoms with Crippen molar-refractivity contribution in [2.24, 2.45) is 9.98 Å². The summed E-state index contributed by atoms with van der Waals surface area (Å²) in [6.07, 6.45) is -0.404. The Morgan fingerprint density at radius 3 is 1.78 bits per heavy atom. The lowest BCUT2D eigenvalue weighted by Crippen LogP contribution is -2.38. The summed E-state index contributed by atoms with van der Waals surface area (Å²) in [7, 11) is 0. The number of nitrogens with one attached hydrogen (secondary N) is 2. The number of ether oxygens (including phenoxy) is 4. The van der Waals surface area contributed by atoms with Crippen molar-refractivity contribution in [3.63, 3.8) is 0 Å². The molecule has 0 radical (unpaired) electrons. The number of hydrogen-bond acceptors (Lipinski definition) is 8. The number of nitrogens with zero attached hydrogens (tertiary/aromatic N) is 2. The maximum Gasteiger partial charge on any atom is 0.408 e. The number of alkyl carbamates (subject to hydrolysis) is 2. The molecular weight excluding hydrogens is 308 g/mol. The fourth-order valence-electron chi connectivity index (χ4n) is 1.81. The van der Waals surface area contributed by atoms with Crippen LogP contribution in [-0.2, 0) is 18.9 Å². The number of rotatable bonds is 8. The molecule has 2 rings (SSSR count). The number of hydrogen-bond donors (Lipinski definition) is 2. The Hall–Kier alpha value is -2.52. The van der Waals surface area contributed by atoms with Crippen LogP contribution in [0, 0.1) is 0 Å². The van der Waals surface area contributed by atoms with Gasteiger partial charge in [-0.15, -0.1) is 0 Å². The summed E-state index contributed by atoms with van der Waals surface area (Å²) in [6, 6.07) is 0.